The van der Waals surface area contributed by atoms with Crippen molar-refractivity contribution < 1.29 is 9.90 Å². The van der Waals surface area contributed by atoms with Crippen LogP contribution in [0.1, 0.15) is 16.3 Å². The summed E-state index contributed by atoms with van der Waals surface area (Å²) in [7, 11) is 0. The molecule has 1 aromatic heterocycles. The van der Waals surface area contributed by atoms with E-state index in [2.05, 4.69) is 9.97 Å². The fourth-order valence-electron chi connectivity index (χ4n) is 1.27. The lowest BCUT2D eigenvalue weighted by Crippen LogP contribution is -2.03. The molecule has 0 amide bonds. The van der Waals surface area contributed by atoms with Crippen LogP contribution < -0.4 is 0 Å². The van der Waals surface area contributed by atoms with Gasteiger partial charge in [0.15, 0.2) is 5.69 Å². The molecule has 0 aliphatic heterocycles. The minimum Gasteiger partial charge on any atom is -0.477 e. The number of benzene rings is 1. The number of hydrogen-bond donors (Lipinski definition) is 1. The molecule has 0 unspecified atom stereocenters. The number of nitrogens with zero attached hydrogens (tertiary/aromatic N) is 2. The first-order valence-electron chi connectivity index (χ1n) is 5.09. The van der Waals surface area contributed by atoms with Crippen LogP contribution in [0.5, 0.6) is 0 Å². The van der Waals surface area contributed by atoms with Crippen LogP contribution in [0.3, 0.4) is 0 Å². The Kier molecular flexibility index (Phi) is 4.17. The number of carboxylic acid groups (broad SMARTS) is 1. The minimum absolute atomic E-state index is 0.0108. The maximum absolute atomic E-state index is 10.8. The Morgan fingerprint density at radius 2 is 2.00 bits per heavy atom. The summed E-state index contributed by atoms with van der Waals surface area (Å²) in [5, 5.41) is 9.50. The van der Waals surface area contributed by atoms with E-state index in [-0.39, 0.29) is 5.69 Å². The van der Waals surface area contributed by atoms with E-state index in [1.54, 1.807) is 12.1 Å². The molecule has 1 heterocycles. The van der Waals surface area contributed by atoms with Crippen molar-refractivity contribution in [1.82, 2.24) is 9.97 Å². The molecule has 1 aromatic carbocycles. The number of carbonyl (C=O) groups is 1. The molecule has 0 saturated carbocycles. The predicted octanol–water partition coefficient (Wildman–Crippen LogP) is 3.12. The summed E-state index contributed by atoms with van der Waals surface area (Å²) in [6, 6.07) is 8.78. The van der Waals surface area contributed by atoms with Crippen LogP contribution in [0.2, 0.25) is 5.02 Å². The van der Waals surface area contributed by atoms with Crippen LogP contribution >= 0.6 is 23.4 Å². The van der Waals surface area contributed by atoms with Gasteiger partial charge in [-0.05, 0) is 30.3 Å². The van der Waals surface area contributed by atoms with E-state index in [9.17, 15) is 4.79 Å². The van der Waals surface area contributed by atoms with Crippen molar-refractivity contribution in [3.05, 3.63) is 53.1 Å². The van der Waals surface area contributed by atoms with Crippen LogP contribution in [0.25, 0.3) is 0 Å². The summed E-state index contributed by atoms with van der Waals surface area (Å²) < 4.78 is 0. The van der Waals surface area contributed by atoms with Gasteiger partial charge in [-0.2, -0.15) is 0 Å². The fourth-order valence-corrected chi connectivity index (χ4v) is 2.16. The quantitative estimate of drug-likeness (QED) is 0.872. The van der Waals surface area contributed by atoms with Gasteiger partial charge in [-0.15, -0.1) is 11.8 Å². The van der Waals surface area contributed by atoms with Crippen LogP contribution in [0.15, 0.2) is 41.4 Å². The molecule has 18 heavy (non-hydrogen) atoms. The standard InChI is InChI=1S/C12H9ClN2O2S/c13-8-1-3-9(4-2-8)18-7-11-14-6-5-10(15-11)12(16)17/h1-6H,7H2,(H,16,17). The maximum atomic E-state index is 10.8. The Morgan fingerprint density at radius 3 is 2.67 bits per heavy atom. The molecule has 0 aliphatic carbocycles. The zero-order valence-corrected chi connectivity index (χ0v) is 10.8. The van der Waals surface area contributed by atoms with E-state index in [0.29, 0.717) is 16.6 Å². The van der Waals surface area contributed by atoms with Crippen LogP contribution in [-0.2, 0) is 5.75 Å². The Hall–Kier alpha value is -1.59. The highest BCUT2D eigenvalue weighted by Gasteiger charge is 2.06. The van der Waals surface area contributed by atoms with Gasteiger partial charge in [0, 0.05) is 16.1 Å². The molecule has 4 nitrogen and oxygen atoms in total. The average molecular weight is 281 g/mol. The second kappa shape index (κ2) is 5.84. The summed E-state index contributed by atoms with van der Waals surface area (Å²) in [5.74, 6) is -0.0343. The van der Waals surface area contributed by atoms with Crippen molar-refractivity contribution >= 4 is 29.3 Å². The van der Waals surface area contributed by atoms with E-state index < -0.39 is 5.97 Å². The third-order valence-electron chi connectivity index (χ3n) is 2.11. The third kappa shape index (κ3) is 3.45. The highest BCUT2D eigenvalue weighted by Crippen LogP contribution is 2.22. The van der Waals surface area contributed by atoms with Gasteiger partial charge >= 0.3 is 5.97 Å². The maximum Gasteiger partial charge on any atom is 0.354 e. The van der Waals surface area contributed by atoms with Crippen molar-refractivity contribution in [2.75, 3.05) is 0 Å². The Labute approximate surface area is 113 Å². The van der Waals surface area contributed by atoms with Crippen molar-refractivity contribution in [3.8, 4) is 0 Å². The lowest BCUT2D eigenvalue weighted by molar-refractivity contribution is 0.0690. The predicted molar refractivity (Wildman–Crippen MR) is 70.0 cm³/mol. The average Bonchev–Trinajstić information content (AvgIpc) is 2.38. The largest absolute Gasteiger partial charge is 0.477 e. The molecule has 0 bridgehead atoms. The molecule has 0 atom stereocenters. The van der Waals surface area contributed by atoms with Crippen LogP contribution in [-0.4, -0.2) is 21.0 Å². The molecular formula is C12H9ClN2O2S. The smallest absolute Gasteiger partial charge is 0.354 e. The van der Waals surface area contributed by atoms with E-state index in [1.165, 1.54) is 24.0 Å². The molecule has 1 N–H and O–H groups in total. The van der Waals surface area contributed by atoms with E-state index >= 15 is 0 Å². The van der Waals surface area contributed by atoms with Gasteiger partial charge in [-0.25, -0.2) is 14.8 Å². The molecule has 6 heteroatoms. The van der Waals surface area contributed by atoms with Crippen molar-refractivity contribution in [1.29, 1.82) is 0 Å². The number of rotatable bonds is 4. The zero-order valence-electron chi connectivity index (χ0n) is 9.21. The summed E-state index contributed by atoms with van der Waals surface area (Å²) in [5.41, 5.74) is 0.0108. The SMILES string of the molecule is O=C(O)c1ccnc(CSc2ccc(Cl)cc2)n1. The van der Waals surface area contributed by atoms with Crippen molar-refractivity contribution in [3.63, 3.8) is 0 Å². The first kappa shape index (κ1) is 12.9. The molecule has 0 aliphatic rings. The van der Waals surface area contributed by atoms with Gasteiger partial charge in [0.1, 0.15) is 5.82 Å². The highest BCUT2D eigenvalue weighted by atomic mass is 35.5. The second-order valence-corrected chi connectivity index (χ2v) is 4.89. The minimum atomic E-state index is -1.05. The van der Waals surface area contributed by atoms with Crippen LogP contribution in [0.4, 0.5) is 0 Å². The van der Waals surface area contributed by atoms with Crippen molar-refractivity contribution in [2.24, 2.45) is 0 Å². The third-order valence-corrected chi connectivity index (χ3v) is 3.37. The molecule has 2 aromatic rings. The van der Waals surface area contributed by atoms with Gasteiger partial charge < -0.3 is 5.11 Å². The molecule has 0 fully saturated rings. The number of thioether (sulfide) groups is 1. The second-order valence-electron chi connectivity index (χ2n) is 3.41. The first-order valence-corrected chi connectivity index (χ1v) is 6.45. The monoisotopic (exact) mass is 280 g/mol. The molecule has 0 radical (unpaired) electrons. The van der Waals surface area contributed by atoms with Crippen LogP contribution in [0, 0.1) is 0 Å². The van der Waals surface area contributed by atoms with E-state index in [0.717, 1.165) is 4.90 Å². The van der Waals surface area contributed by atoms with Crippen molar-refractivity contribution in [2.45, 2.75) is 10.6 Å². The lowest BCUT2D eigenvalue weighted by atomic mass is 10.4. The first-order chi connectivity index (χ1) is 8.65. The molecular weight excluding hydrogens is 272 g/mol. The normalized spacial score (nSPS) is 10.3. The van der Waals surface area contributed by atoms with Gasteiger partial charge in [-0.1, -0.05) is 11.6 Å². The summed E-state index contributed by atoms with van der Waals surface area (Å²) in [6.45, 7) is 0. The molecule has 2 rings (SSSR count). The van der Waals surface area contributed by atoms with Gasteiger partial charge in [0.2, 0.25) is 0 Å². The van der Waals surface area contributed by atoms with E-state index in [4.69, 9.17) is 16.7 Å². The van der Waals surface area contributed by atoms with Gasteiger partial charge in [0.25, 0.3) is 0 Å². The summed E-state index contributed by atoms with van der Waals surface area (Å²) >= 11 is 7.31. The number of aromatic carboxylic acids is 1. The topological polar surface area (TPSA) is 63.1 Å². The lowest BCUT2D eigenvalue weighted by Gasteiger charge is -2.01. The highest BCUT2D eigenvalue weighted by molar-refractivity contribution is 7.98. The Morgan fingerprint density at radius 1 is 1.28 bits per heavy atom. The number of hydrogen-bond acceptors (Lipinski definition) is 4. The molecule has 92 valence electrons. The summed E-state index contributed by atoms with van der Waals surface area (Å²) in [4.78, 5) is 19.8. The number of carboxylic acids is 1. The summed E-state index contributed by atoms with van der Waals surface area (Å²) in [6.07, 6.45) is 1.45. The number of aromatic nitrogens is 2. The van der Waals surface area contributed by atoms with E-state index in [1.807, 2.05) is 12.1 Å². The Bertz CT molecular complexity index is 560. The molecule has 0 spiro atoms. The van der Waals surface area contributed by atoms with Gasteiger partial charge in [0.05, 0.1) is 5.75 Å². The molecule has 0 saturated heterocycles. The fraction of sp³-hybridized carbons (Fsp3) is 0.0833. The Balaban J connectivity index is 2.04. The number of halogens is 1. The zero-order chi connectivity index (χ0) is 13.0. The van der Waals surface area contributed by atoms with Gasteiger partial charge in [-0.3, -0.25) is 0 Å².